The quantitative estimate of drug-likeness (QED) is 0.670. The van der Waals surface area contributed by atoms with E-state index in [0.29, 0.717) is 24.8 Å². The van der Waals surface area contributed by atoms with Crippen molar-refractivity contribution in [3.8, 4) is 5.88 Å². The molecule has 0 atom stereocenters. The lowest BCUT2D eigenvalue weighted by Gasteiger charge is -2.11. The summed E-state index contributed by atoms with van der Waals surface area (Å²) in [4.78, 5) is 15.3. The lowest BCUT2D eigenvalue weighted by atomic mass is 10.4. The SMILES string of the molecule is COCCOc1ccc(NC(=O)C(Cl)(Cl)Cl)cn1. The fourth-order valence-electron chi connectivity index (χ4n) is 0.971. The summed E-state index contributed by atoms with van der Waals surface area (Å²) in [6, 6.07) is 3.17. The lowest BCUT2D eigenvalue weighted by Crippen LogP contribution is -2.26. The Kier molecular flexibility index (Phi) is 5.95. The van der Waals surface area contributed by atoms with E-state index >= 15 is 0 Å². The summed E-state index contributed by atoms with van der Waals surface area (Å²) in [6.45, 7) is 0.858. The second kappa shape index (κ2) is 6.99. The Balaban J connectivity index is 2.53. The summed E-state index contributed by atoms with van der Waals surface area (Å²) in [5, 5.41) is 2.40. The maximum atomic E-state index is 11.3. The zero-order valence-corrected chi connectivity index (χ0v) is 11.7. The standard InChI is InChI=1S/C10H11Cl3N2O3/c1-17-4-5-18-8-3-2-7(6-14-8)15-9(16)10(11,12)13/h2-3,6H,4-5H2,1H3,(H,15,16). The Bertz CT molecular complexity index is 392. The molecule has 18 heavy (non-hydrogen) atoms. The van der Waals surface area contributed by atoms with Crippen LogP contribution in [0.25, 0.3) is 0 Å². The average molecular weight is 314 g/mol. The Morgan fingerprint density at radius 1 is 1.39 bits per heavy atom. The number of aromatic nitrogens is 1. The molecule has 0 saturated carbocycles. The van der Waals surface area contributed by atoms with E-state index in [9.17, 15) is 4.79 Å². The molecular weight excluding hydrogens is 302 g/mol. The number of alkyl halides is 3. The van der Waals surface area contributed by atoms with Gasteiger partial charge >= 0.3 is 0 Å². The molecule has 1 rings (SSSR count). The largest absolute Gasteiger partial charge is 0.475 e. The van der Waals surface area contributed by atoms with Crippen molar-refractivity contribution in [1.82, 2.24) is 4.98 Å². The molecule has 5 nitrogen and oxygen atoms in total. The number of amides is 1. The Morgan fingerprint density at radius 2 is 2.11 bits per heavy atom. The van der Waals surface area contributed by atoms with Gasteiger partial charge in [-0.15, -0.1) is 0 Å². The van der Waals surface area contributed by atoms with Crippen molar-refractivity contribution in [3.63, 3.8) is 0 Å². The number of hydrogen-bond donors (Lipinski definition) is 1. The van der Waals surface area contributed by atoms with Crippen LogP contribution in [0.2, 0.25) is 0 Å². The molecule has 0 radical (unpaired) electrons. The van der Waals surface area contributed by atoms with Crippen molar-refractivity contribution in [2.75, 3.05) is 25.6 Å². The molecule has 0 fully saturated rings. The molecule has 8 heteroatoms. The van der Waals surface area contributed by atoms with Crippen LogP contribution in [0.3, 0.4) is 0 Å². The maximum absolute atomic E-state index is 11.3. The lowest BCUT2D eigenvalue weighted by molar-refractivity contribution is -0.115. The first-order chi connectivity index (χ1) is 8.43. The van der Waals surface area contributed by atoms with E-state index in [2.05, 4.69) is 10.3 Å². The molecule has 0 spiro atoms. The molecule has 1 N–H and O–H groups in total. The van der Waals surface area contributed by atoms with Crippen LogP contribution in [-0.2, 0) is 9.53 Å². The minimum Gasteiger partial charge on any atom is -0.475 e. The number of nitrogens with one attached hydrogen (secondary N) is 1. The van der Waals surface area contributed by atoms with Gasteiger partial charge in [0.15, 0.2) is 0 Å². The molecule has 1 heterocycles. The molecule has 1 aromatic heterocycles. The van der Waals surface area contributed by atoms with Gasteiger partial charge in [-0.25, -0.2) is 4.98 Å². The third-order valence-electron chi connectivity index (χ3n) is 1.79. The van der Waals surface area contributed by atoms with Gasteiger partial charge in [-0.1, -0.05) is 34.8 Å². The predicted octanol–water partition coefficient (Wildman–Crippen LogP) is 2.42. The van der Waals surface area contributed by atoms with Crippen molar-refractivity contribution < 1.29 is 14.3 Å². The predicted molar refractivity (Wildman–Crippen MR) is 70.5 cm³/mol. The first kappa shape index (κ1) is 15.3. The van der Waals surface area contributed by atoms with Gasteiger partial charge in [-0.05, 0) is 6.07 Å². The average Bonchev–Trinajstić information content (AvgIpc) is 2.30. The number of rotatable bonds is 5. The second-order valence-electron chi connectivity index (χ2n) is 3.18. The van der Waals surface area contributed by atoms with Gasteiger partial charge in [0.1, 0.15) is 6.61 Å². The van der Waals surface area contributed by atoms with Crippen LogP contribution in [0.5, 0.6) is 5.88 Å². The number of nitrogens with zero attached hydrogens (tertiary/aromatic N) is 1. The van der Waals surface area contributed by atoms with Crippen LogP contribution in [0.15, 0.2) is 18.3 Å². The number of methoxy groups -OCH3 is 1. The number of halogens is 3. The van der Waals surface area contributed by atoms with Crippen LogP contribution in [0.4, 0.5) is 5.69 Å². The van der Waals surface area contributed by atoms with Gasteiger partial charge in [0.25, 0.3) is 9.70 Å². The fraction of sp³-hybridized carbons (Fsp3) is 0.400. The number of carbonyl (C=O) groups excluding carboxylic acids is 1. The monoisotopic (exact) mass is 312 g/mol. The number of carbonyl (C=O) groups is 1. The van der Waals surface area contributed by atoms with Gasteiger partial charge in [0, 0.05) is 13.2 Å². The molecule has 0 unspecified atom stereocenters. The van der Waals surface area contributed by atoms with Crippen LogP contribution >= 0.6 is 34.8 Å². The van der Waals surface area contributed by atoms with E-state index in [4.69, 9.17) is 44.3 Å². The maximum Gasteiger partial charge on any atom is 0.276 e. The summed E-state index contributed by atoms with van der Waals surface area (Å²) < 4.78 is 8.06. The molecule has 0 aliphatic rings. The first-order valence-electron chi connectivity index (χ1n) is 4.89. The normalized spacial score (nSPS) is 11.1. The number of hydrogen-bond acceptors (Lipinski definition) is 4. The molecule has 0 aliphatic heterocycles. The topological polar surface area (TPSA) is 60.5 Å². The van der Waals surface area contributed by atoms with Crippen molar-refractivity contribution in [2.45, 2.75) is 3.79 Å². The Hall–Kier alpha value is -0.750. The van der Waals surface area contributed by atoms with Crippen molar-refractivity contribution >= 4 is 46.4 Å². The summed E-state index contributed by atoms with van der Waals surface area (Å²) in [6.07, 6.45) is 1.40. The second-order valence-corrected chi connectivity index (χ2v) is 5.46. The highest BCUT2D eigenvalue weighted by molar-refractivity contribution is 6.76. The third-order valence-corrected chi connectivity index (χ3v) is 2.30. The third kappa shape index (κ3) is 5.27. The Morgan fingerprint density at radius 3 is 2.61 bits per heavy atom. The van der Waals surface area contributed by atoms with Crippen LogP contribution in [0, 0.1) is 0 Å². The van der Waals surface area contributed by atoms with Gasteiger partial charge < -0.3 is 14.8 Å². The van der Waals surface area contributed by atoms with Gasteiger partial charge in [-0.3, -0.25) is 4.79 Å². The van der Waals surface area contributed by atoms with E-state index in [1.807, 2.05) is 0 Å². The number of anilines is 1. The zero-order valence-electron chi connectivity index (χ0n) is 9.45. The van der Waals surface area contributed by atoms with E-state index in [1.165, 1.54) is 6.20 Å². The molecule has 0 aliphatic carbocycles. The molecule has 0 saturated heterocycles. The van der Waals surface area contributed by atoms with Crippen LogP contribution in [0.1, 0.15) is 0 Å². The summed E-state index contributed by atoms with van der Waals surface area (Å²) in [7, 11) is 1.58. The molecule has 1 aromatic rings. The van der Waals surface area contributed by atoms with Crippen molar-refractivity contribution in [3.05, 3.63) is 18.3 Å². The van der Waals surface area contributed by atoms with Gasteiger partial charge in [-0.2, -0.15) is 0 Å². The van der Waals surface area contributed by atoms with E-state index in [0.717, 1.165) is 0 Å². The van der Waals surface area contributed by atoms with E-state index in [-0.39, 0.29) is 0 Å². The highest BCUT2D eigenvalue weighted by Crippen LogP contribution is 2.27. The highest BCUT2D eigenvalue weighted by atomic mass is 35.6. The number of ether oxygens (including phenoxy) is 2. The molecular formula is C10H11Cl3N2O3. The number of pyridine rings is 1. The van der Waals surface area contributed by atoms with Gasteiger partial charge in [0.05, 0.1) is 18.5 Å². The molecule has 0 bridgehead atoms. The Labute approximate surface area is 119 Å². The minimum atomic E-state index is -2.01. The van der Waals surface area contributed by atoms with Crippen molar-refractivity contribution in [2.24, 2.45) is 0 Å². The highest BCUT2D eigenvalue weighted by Gasteiger charge is 2.30. The zero-order chi connectivity index (χ0) is 13.6. The minimum absolute atomic E-state index is 0.392. The molecule has 1 amide bonds. The van der Waals surface area contributed by atoms with Crippen molar-refractivity contribution in [1.29, 1.82) is 0 Å². The molecule has 100 valence electrons. The van der Waals surface area contributed by atoms with Gasteiger partial charge in [0.2, 0.25) is 5.88 Å². The summed E-state index contributed by atoms with van der Waals surface area (Å²) in [5.41, 5.74) is 0.408. The van der Waals surface area contributed by atoms with E-state index < -0.39 is 9.70 Å². The van der Waals surface area contributed by atoms with E-state index in [1.54, 1.807) is 19.2 Å². The van der Waals surface area contributed by atoms with Crippen LogP contribution < -0.4 is 10.1 Å². The summed E-state index contributed by atoms with van der Waals surface area (Å²) in [5.74, 6) is -0.332. The fourth-order valence-corrected chi connectivity index (χ4v) is 1.11. The first-order valence-corrected chi connectivity index (χ1v) is 6.03. The van der Waals surface area contributed by atoms with Crippen LogP contribution in [-0.4, -0.2) is 35.0 Å². The molecule has 0 aromatic carbocycles. The summed E-state index contributed by atoms with van der Waals surface area (Å²) >= 11 is 16.2. The smallest absolute Gasteiger partial charge is 0.276 e.